The van der Waals surface area contributed by atoms with Crippen LogP contribution in [0.15, 0.2) is 67.2 Å². The van der Waals surface area contributed by atoms with Gasteiger partial charge in [-0.2, -0.15) is 0 Å². The fraction of sp³-hybridized carbons (Fsp3) is 0.222. The minimum Gasteiger partial charge on any atom is -0.399 e. The van der Waals surface area contributed by atoms with Crippen molar-refractivity contribution in [3.05, 3.63) is 112 Å². The highest BCUT2D eigenvalue weighted by molar-refractivity contribution is 5.94. The first-order valence-corrected chi connectivity index (χ1v) is 10.8. The van der Waals surface area contributed by atoms with Crippen molar-refractivity contribution >= 4 is 11.6 Å². The predicted molar refractivity (Wildman–Crippen MR) is 120 cm³/mol. The number of rotatable bonds is 5. The number of benzene rings is 3. The Morgan fingerprint density at radius 3 is 2.26 bits per heavy atom. The Labute approximate surface area is 181 Å². The predicted octanol–water partition coefficient (Wildman–Crippen LogP) is 4.95. The maximum atomic E-state index is 12.8. The molecule has 3 aromatic rings. The summed E-state index contributed by atoms with van der Waals surface area (Å²) in [6, 6.07) is 20.5. The van der Waals surface area contributed by atoms with Crippen LogP contribution in [0.25, 0.3) is 5.70 Å². The van der Waals surface area contributed by atoms with Crippen molar-refractivity contribution in [2.24, 2.45) is 5.73 Å². The van der Waals surface area contributed by atoms with Gasteiger partial charge in [-0.3, -0.25) is 4.79 Å². The third-order valence-corrected chi connectivity index (χ3v) is 6.69. The molecule has 154 valence electrons. The van der Waals surface area contributed by atoms with Crippen LogP contribution in [-0.2, 0) is 11.3 Å². The van der Waals surface area contributed by atoms with Crippen LogP contribution in [0, 0.1) is 0 Å². The van der Waals surface area contributed by atoms with E-state index in [1.54, 1.807) is 0 Å². The molecule has 1 fully saturated rings. The van der Waals surface area contributed by atoms with Gasteiger partial charge in [-0.25, -0.2) is 0 Å². The molecule has 1 aliphatic carbocycles. The first-order chi connectivity index (χ1) is 15.1. The zero-order valence-electron chi connectivity index (χ0n) is 17.2. The Morgan fingerprint density at radius 2 is 1.55 bits per heavy atom. The number of hydrogen-bond acceptors (Lipinski definition) is 3. The second-order valence-electron chi connectivity index (χ2n) is 8.81. The van der Waals surface area contributed by atoms with Crippen molar-refractivity contribution < 1.29 is 9.53 Å². The zero-order valence-corrected chi connectivity index (χ0v) is 17.2. The summed E-state index contributed by atoms with van der Waals surface area (Å²) >= 11 is 0. The molecule has 0 radical (unpaired) electrons. The number of carbonyl (C=O) groups is 1. The molecule has 3 N–H and O–H groups in total. The molecule has 0 spiro atoms. The summed E-state index contributed by atoms with van der Waals surface area (Å²) in [6.07, 6.45) is 2.52. The van der Waals surface area contributed by atoms with E-state index in [2.05, 4.69) is 30.1 Å². The number of carbonyl (C=O) groups excluding carboxylic acids is 1. The van der Waals surface area contributed by atoms with E-state index in [1.807, 2.05) is 42.5 Å². The highest BCUT2D eigenvalue weighted by Crippen LogP contribution is 2.55. The Bertz CT molecular complexity index is 1220. The van der Waals surface area contributed by atoms with E-state index in [0.29, 0.717) is 17.8 Å². The largest absolute Gasteiger partial charge is 0.399 e. The minimum atomic E-state index is -0.0789. The Hall–Kier alpha value is -3.37. The summed E-state index contributed by atoms with van der Waals surface area (Å²) in [5, 5.41) is 3.02. The lowest BCUT2D eigenvalue weighted by Crippen LogP contribution is -2.23. The quantitative estimate of drug-likeness (QED) is 0.628. The summed E-state index contributed by atoms with van der Waals surface area (Å²) in [7, 11) is 0. The monoisotopic (exact) mass is 408 g/mol. The molecule has 4 nitrogen and oxygen atoms in total. The average Bonchev–Trinajstić information content (AvgIpc) is 3.50. The Kier molecular flexibility index (Phi) is 4.05. The summed E-state index contributed by atoms with van der Waals surface area (Å²) < 4.78 is 6.31. The third kappa shape index (κ3) is 3.06. The first kappa shape index (κ1) is 18.4. The molecule has 2 heterocycles. The van der Waals surface area contributed by atoms with Gasteiger partial charge in [0, 0.05) is 17.8 Å². The van der Waals surface area contributed by atoms with E-state index in [-0.39, 0.29) is 18.1 Å². The van der Waals surface area contributed by atoms with Crippen molar-refractivity contribution in [1.82, 2.24) is 5.32 Å². The molecule has 1 amide bonds. The fourth-order valence-electron chi connectivity index (χ4n) is 4.80. The molecule has 0 unspecified atom stereocenters. The van der Waals surface area contributed by atoms with E-state index >= 15 is 0 Å². The molecule has 2 atom stereocenters. The summed E-state index contributed by atoms with van der Waals surface area (Å²) in [4.78, 5) is 12.8. The van der Waals surface area contributed by atoms with Crippen LogP contribution in [0.2, 0.25) is 0 Å². The van der Waals surface area contributed by atoms with Crippen LogP contribution < -0.4 is 11.1 Å². The molecular weight excluding hydrogens is 384 g/mol. The normalized spacial score (nSPS) is 20.3. The van der Waals surface area contributed by atoms with Crippen LogP contribution in [-0.4, -0.2) is 5.91 Å². The second kappa shape index (κ2) is 6.82. The van der Waals surface area contributed by atoms with Crippen molar-refractivity contribution in [2.75, 3.05) is 0 Å². The van der Waals surface area contributed by atoms with Crippen molar-refractivity contribution in [3.63, 3.8) is 0 Å². The standard InChI is InChI=1S/C27H24N2O2/c1-15(28)17-4-2-16(3-5-17)14-29-27(30)20-9-11-22-24(13-20)26-23-12-19(18-6-7-18)8-10-21(23)25(22)31-26/h2-5,8-13,18,25-26H,1,6-7,14,28H2,(H,29,30)/t25-,26+/m0/s1. The van der Waals surface area contributed by atoms with Gasteiger partial charge in [0.25, 0.3) is 5.91 Å². The van der Waals surface area contributed by atoms with Gasteiger partial charge in [-0.15, -0.1) is 0 Å². The Balaban J connectivity index is 1.20. The van der Waals surface area contributed by atoms with Gasteiger partial charge >= 0.3 is 0 Å². The van der Waals surface area contributed by atoms with Crippen LogP contribution in [0.3, 0.4) is 0 Å². The maximum absolute atomic E-state index is 12.8. The number of amides is 1. The lowest BCUT2D eigenvalue weighted by Gasteiger charge is -2.17. The zero-order chi connectivity index (χ0) is 21.1. The fourth-order valence-corrected chi connectivity index (χ4v) is 4.80. The van der Waals surface area contributed by atoms with Gasteiger partial charge in [-0.05, 0) is 69.8 Å². The molecule has 0 aromatic heterocycles. The van der Waals surface area contributed by atoms with Gasteiger partial charge < -0.3 is 15.8 Å². The smallest absolute Gasteiger partial charge is 0.251 e. The lowest BCUT2D eigenvalue weighted by atomic mass is 9.84. The average molecular weight is 409 g/mol. The SMILES string of the molecule is C=C(N)c1ccc(CNC(=O)c2ccc3c(c2)[C@@H]2O[C@H]3c3ccc(C4CC4)cc32)cc1. The molecule has 2 bridgehead atoms. The maximum Gasteiger partial charge on any atom is 0.251 e. The lowest BCUT2D eigenvalue weighted by molar-refractivity contribution is 0.0857. The molecular formula is C27H24N2O2. The highest BCUT2D eigenvalue weighted by atomic mass is 16.5. The number of nitrogens with one attached hydrogen (secondary N) is 1. The van der Waals surface area contributed by atoms with E-state index in [9.17, 15) is 4.79 Å². The van der Waals surface area contributed by atoms with Crippen molar-refractivity contribution in [2.45, 2.75) is 37.5 Å². The van der Waals surface area contributed by atoms with Gasteiger partial charge in [-0.1, -0.05) is 55.1 Å². The first-order valence-electron chi connectivity index (χ1n) is 10.8. The Morgan fingerprint density at radius 1 is 0.903 bits per heavy atom. The molecule has 0 saturated heterocycles. The van der Waals surface area contributed by atoms with E-state index in [1.165, 1.54) is 35.1 Å². The molecule has 4 heteroatoms. The summed E-state index contributed by atoms with van der Waals surface area (Å²) in [6.45, 7) is 4.20. The van der Waals surface area contributed by atoms with Gasteiger partial charge in [0.2, 0.25) is 0 Å². The van der Waals surface area contributed by atoms with Crippen LogP contribution in [0.1, 0.15) is 80.3 Å². The van der Waals surface area contributed by atoms with Gasteiger partial charge in [0.05, 0.1) is 0 Å². The highest BCUT2D eigenvalue weighted by Gasteiger charge is 2.43. The second-order valence-corrected chi connectivity index (χ2v) is 8.81. The van der Waals surface area contributed by atoms with E-state index in [4.69, 9.17) is 10.5 Å². The number of fused-ring (bicyclic) bond motifs is 8. The van der Waals surface area contributed by atoms with Crippen molar-refractivity contribution in [1.29, 1.82) is 0 Å². The molecule has 1 saturated carbocycles. The van der Waals surface area contributed by atoms with Crippen LogP contribution in [0.4, 0.5) is 0 Å². The van der Waals surface area contributed by atoms with Crippen LogP contribution in [0.5, 0.6) is 0 Å². The molecule has 31 heavy (non-hydrogen) atoms. The minimum absolute atomic E-state index is 0.00354. The molecule has 2 aliphatic heterocycles. The topological polar surface area (TPSA) is 64.3 Å². The number of nitrogens with two attached hydrogens (primary N) is 1. The summed E-state index contributed by atoms with van der Waals surface area (Å²) in [5.41, 5.74) is 15.1. The van der Waals surface area contributed by atoms with E-state index in [0.717, 1.165) is 22.6 Å². The van der Waals surface area contributed by atoms with Crippen molar-refractivity contribution in [3.8, 4) is 0 Å². The van der Waals surface area contributed by atoms with Crippen LogP contribution >= 0.6 is 0 Å². The summed E-state index contributed by atoms with van der Waals surface area (Å²) in [5.74, 6) is 0.642. The molecule has 3 aliphatic rings. The van der Waals surface area contributed by atoms with Gasteiger partial charge in [0.1, 0.15) is 12.2 Å². The van der Waals surface area contributed by atoms with E-state index < -0.39 is 0 Å². The molecule has 6 rings (SSSR count). The molecule has 3 aromatic carbocycles. The number of hydrogen-bond donors (Lipinski definition) is 2. The number of ether oxygens (including phenoxy) is 1. The third-order valence-electron chi connectivity index (χ3n) is 6.69. The van der Waals surface area contributed by atoms with Gasteiger partial charge in [0.15, 0.2) is 0 Å².